The Morgan fingerprint density at radius 1 is 1.62 bits per heavy atom. The Kier molecular flexibility index (Phi) is 1.28. The van der Waals surface area contributed by atoms with Gasteiger partial charge in [0, 0.05) is 0 Å². The first-order valence-corrected chi connectivity index (χ1v) is 4.07. The van der Waals surface area contributed by atoms with E-state index in [1.54, 1.807) is 0 Å². The van der Waals surface area contributed by atoms with E-state index >= 15 is 0 Å². The van der Waals surface area contributed by atoms with Crippen LogP contribution >= 0.6 is 0 Å². The molecule has 0 aromatic carbocycles. The molecule has 1 aliphatic heterocycles. The van der Waals surface area contributed by atoms with Crippen LogP contribution in [0.25, 0.3) is 0 Å². The predicted octanol–water partition coefficient (Wildman–Crippen LogP) is -0.408. The third kappa shape index (κ3) is 1.20. The van der Waals surface area contributed by atoms with Gasteiger partial charge in [-0.2, -0.15) is 0 Å². The van der Waals surface area contributed by atoms with Crippen molar-refractivity contribution in [2.75, 3.05) is 11.7 Å². The van der Waals surface area contributed by atoms with Crippen LogP contribution in [0.2, 0.25) is 0 Å². The van der Waals surface area contributed by atoms with Crippen molar-refractivity contribution in [3.8, 4) is 0 Å². The lowest BCUT2D eigenvalue weighted by Crippen LogP contribution is -2.05. The summed E-state index contributed by atoms with van der Waals surface area (Å²) in [6, 6.07) is 0. The predicted molar refractivity (Wildman–Crippen MR) is 28.9 cm³/mol. The summed E-state index contributed by atoms with van der Waals surface area (Å²) in [7, 11) is -2.88. The zero-order valence-corrected chi connectivity index (χ0v) is 5.15. The molecule has 8 heavy (non-hydrogen) atoms. The zero-order chi connectivity index (χ0) is 6.20. The summed E-state index contributed by atoms with van der Waals surface area (Å²) in [6.45, 7) is 3.43. The molecule has 47 valence electrons. The third-order valence-electron chi connectivity index (χ3n) is 0.923. The van der Waals surface area contributed by atoms with Gasteiger partial charge in [0.05, 0.1) is 11.9 Å². The second-order valence-corrected chi connectivity index (χ2v) is 3.87. The van der Waals surface area contributed by atoms with E-state index in [1.807, 2.05) is 0 Å². The first-order chi connectivity index (χ1) is 3.60. The lowest BCUT2D eigenvalue weighted by atomic mass is 10.5. The Labute approximate surface area is 48.6 Å². The van der Waals surface area contributed by atoms with Gasteiger partial charge in [-0.25, -0.2) is 8.42 Å². The molecule has 0 spiro atoms. The summed E-state index contributed by atoms with van der Waals surface area (Å²) in [6.07, 6.45) is -0.347. The molecule has 1 heterocycles. The molecule has 1 fully saturated rings. The normalized spacial score (nSPS) is 35.4. The van der Waals surface area contributed by atoms with Crippen molar-refractivity contribution in [2.45, 2.75) is 6.10 Å². The molecule has 0 saturated carbocycles. The lowest BCUT2D eigenvalue weighted by molar-refractivity contribution is 0.157. The van der Waals surface area contributed by atoms with Gasteiger partial charge in [-0.1, -0.05) is 0 Å². The molecule has 0 aliphatic carbocycles. The Bertz CT molecular complexity index is 170. The van der Waals surface area contributed by atoms with Crippen LogP contribution in [0.4, 0.5) is 0 Å². The van der Waals surface area contributed by atoms with Crippen LogP contribution in [0.15, 0.2) is 0 Å². The van der Waals surface area contributed by atoms with Crippen molar-refractivity contribution < 1.29 is 13.2 Å². The minimum atomic E-state index is -2.88. The second-order valence-electron chi connectivity index (χ2n) is 1.82. The van der Waals surface area contributed by atoms with Crippen LogP contribution in [-0.4, -0.2) is 26.2 Å². The van der Waals surface area contributed by atoms with Crippen molar-refractivity contribution in [1.29, 1.82) is 0 Å². The molecule has 1 atom stereocenters. The van der Waals surface area contributed by atoms with Gasteiger partial charge in [-0.3, -0.25) is 0 Å². The van der Waals surface area contributed by atoms with Crippen LogP contribution in [0.1, 0.15) is 0 Å². The topological polar surface area (TPSA) is 43.4 Å². The first-order valence-electron chi connectivity index (χ1n) is 2.25. The van der Waals surface area contributed by atoms with E-state index in [-0.39, 0.29) is 17.8 Å². The molecule has 1 radical (unpaired) electrons. The monoisotopic (exact) mass is 135 g/mol. The minimum Gasteiger partial charge on any atom is -0.361 e. The van der Waals surface area contributed by atoms with Gasteiger partial charge < -0.3 is 4.74 Å². The fourth-order valence-electron chi connectivity index (χ4n) is 0.579. The van der Waals surface area contributed by atoms with Crippen LogP contribution in [0, 0.1) is 6.92 Å². The van der Waals surface area contributed by atoms with Gasteiger partial charge in [0.1, 0.15) is 5.94 Å². The van der Waals surface area contributed by atoms with Gasteiger partial charge >= 0.3 is 0 Å². The molecule has 0 aromatic heterocycles. The molecule has 0 amide bonds. The van der Waals surface area contributed by atoms with Crippen molar-refractivity contribution in [3.63, 3.8) is 0 Å². The van der Waals surface area contributed by atoms with Crippen molar-refractivity contribution in [3.05, 3.63) is 6.92 Å². The summed E-state index contributed by atoms with van der Waals surface area (Å²) in [5, 5.41) is 0. The maximum atomic E-state index is 10.5. The third-order valence-corrected chi connectivity index (χ3v) is 2.30. The Balaban J connectivity index is 2.71. The molecule has 1 saturated heterocycles. The number of hydrogen-bond acceptors (Lipinski definition) is 3. The van der Waals surface area contributed by atoms with Gasteiger partial charge in [-0.05, 0) is 6.92 Å². The smallest absolute Gasteiger partial charge is 0.176 e. The second kappa shape index (κ2) is 1.70. The van der Waals surface area contributed by atoms with E-state index in [9.17, 15) is 8.42 Å². The highest BCUT2D eigenvalue weighted by atomic mass is 32.2. The maximum absolute atomic E-state index is 10.5. The molecular weight excluding hydrogens is 128 g/mol. The van der Waals surface area contributed by atoms with Crippen molar-refractivity contribution >= 4 is 9.84 Å². The quantitative estimate of drug-likeness (QED) is 0.453. The number of rotatable bonds is 0. The summed E-state index contributed by atoms with van der Waals surface area (Å²) in [5.41, 5.74) is 0. The largest absolute Gasteiger partial charge is 0.361 e. The first kappa shape index (κ1) is 6.04. The highest BCUT2D eigenvalue weighted by molar-refractivity contribution is 7.91. The van der Waals surface area contributed by atoms with Gasteiger partial charge in [0.25, 0.3) is 0 Å². The van der Waals surface area contributed by atoms with E-state index in [2.05, 4.69) is 11.7 Å². The minimum absolute atomic E-state index is 0.0764. The Morgan fingerprint density at radius 3 is 2.38 bits per heavy atom. The van der Waals surface area contributed by atoms with Crippen LogP contribution in [0.3, 0.4) is 0 Å². The number of hydrogen-bond donors (Lipinski definition) is 0. The summed E-state index contributed by atoms with van der Waals surface area (Å²) >= 11 is 0. The molecule has 1 unspecified atom stereocenters. The molecule has 1 rings (SSSR count). The van der Waals surface area contributed by atoms with E-state index in [0.29, 0.717) is 0 Å². The molecule has 4 heteroatoms. The molecule has 0 N–H and O–H groups in total. The average Bonchev–Trinajstić information content (AvgIpc) is 1.82. The van der Waals surface area contributed by atoms with E-state index in [0.717, 1.165) is 0 Å². The Morgan fingerprint density at radius 2 is 2.25 bits per heavy atom. The van der Waals surface area contributed by atoms with Crippen molar-refractivity contribution in [1.82, 2.24) is 0 Å². The molecule has 1 aliphatic rings. The number of sulfone groups is 1. The fourth-order valence-corrected chi connectivity index (χ4v) is 1.74. The highest BCUT2D eigenvalue weighted by Crippen LogP contribution is 2.07. The lowest BCUT2D eigenvalue weighted by Gasteiger charge is -1.91. The average molecular weight is 135 g/mol. The van der Waals surface area contributed by atoms with Crippen LogP contribution in [-0.2, 0) is 14.6 Å². The molecular formula is C4H7O3S. The SMILES string of the molecule is [CH2]C1CS(=O)(=O)CO1. The van der Waals surface area contributed by atoms with E-state index in [4.69, 9.17) is 0 Å². The summed E-state index contributed by atoms with van der Waals surface area (Å²) in [4.78, 5) is 0. The van der Waals surface area contributed by atoms with Gasteiger partial charge in [-0.15, -0.1) is 0 Å². The van der Waals surface area contributed by atoms with Gasteiger partial charge in [0.15, 0.2) is 9.84 Å². The summed E-state index contributed by atoms with van der Waals surface area (Å²) in [5.74, 6) is -0.0752. The standard InChI is InChI=1S/C4H7O3S/c1-4-2-8(5,6)3-7-4/h4H,1-3H2. The molecule has 3 nitrogen and oxygen atoms in total. The highest BCUT2D eigenvalue weighted by Gasteiger charge is 2.24. The molecule has 0 aromatic rings. The van der Waals surface area contributed by atoms with Crippen molar-refractivity contribution in [2.24, 2.45) is 0 Å². The number of ether oxygens (including phenoxy) is 1. The van der Waals surface area contributed by atoms with E-state index < -0.39 is 9.84 Å². The Hall–Kier alpha value is -0.0900. The maximum Gasteiger partial charge on any atom is 0.176 e. The van der Waals surface area contributed by atoms with Gasteiger partial charge in [0.2, 0.25) is 0 Å². The zero-order valence-electron chi connectivity index (χ0n) is 4.33. The fraction of sp³-hybridized carbons (Fsp3) is 0.750. The van der Waals surface area contributed by atoms with E-state index in [1.165, 1.54) is 0 Å². The summed E-state index contributed by atoms with van der Waals surface area (Å²) < 4.78 is 25.6. The van der Waals surface area contributed by atoms with Crippen LogP contribution < -0.4 is 0 Å². The van der Waals surface area contributed by atoms with Crippen LogP contribution in [0.5, 0.6) is 0 Å². The molecule has 0 bridgehead atoms.